The van der Waals surface area contributed by atoms with Gasteiger partial charge in [0.15, 0.2) is 11.3 Å². The predicted octanol–water partition coefficient (Wildman–Crippen LogP) is 7.49. The van der Waals surface area contributed by atoms with Crippen LogP contribution in [0.2, 0.25) is 0 Å². The Labute approximate surface area is 346 Å². The van der Waals surface area contributed by atoms with Crippen molar-refractivity contribution < 1.29 is 14.3 Å². The average molecular weight is 805 g/mol. The lowest BCUT2D eigenvalue weighted by Crippen LogP contribution is -2.36. The number of aromatic nitrogens is 8. The fourth-order valence-corrected chi connectivity index (χ4v) is 6.24. The number of aliphatic imine (C=N–C) groups is 1. The summed E-state index contributed by atoms with van der Waals surface area (Å²) in [5.41, 5.74) is 24.8. The van der Waals surface area contributed by atoms with Gasteiger partial charge in [0.25, 0.3) is 0 Å². The van der Waals surface area contributed by atoms with Crippen molar-refractivity contribution >= 4 is 45.6 Å². The van der Waals surface area contributed by atoms with Crippen LogP contribution in [0.1, 0.15) is 91.2 Å². The van der Waals surface area contributed by atoms with E-state index in [2.05, 4.69) is 57.8 Å². The van der Waals surface area contributed by atoms with E-state index in [0.29, 0.717) is 55.3 Å². The van der Waals surface area contributed by atoms with E-state index >= 15 is 0 Å². The number of Topliss-reactive ketones (excluding diaryl/α,β-unsaturated/α-hetero) is 1. The predicted molar refractivity (Wildman–Crippen MR) is 235 cm³/mol. The Bertz CT molecular complexity index is 2310. The zero-order valence-electron chi connectivity index (χ0n) is 35.8. The molecule has 0 atom stereocenters. The molecule has 0 amide bonds. The minimum absolute atomic E-state index is 0.287. The van der Waals surface area contributed by atoms with Crippen LogP contribution >= 0.6 is 0 Å². The number of ketones is 1. The number of benzene rings is 2. The summed E-state index contributed by atoms with van der Waals surface area (Å²) in [4.78, 5) is 41.4. The van der Waals surface area contributed by atoms with Gasteiger partial charge in [0, 0.05) is 50.3 Å². The molecule has 1 saturated heterocycles. The molecule has 4 aromatic heterocycles. The number of aryl methyl sites for hydroxylation is 2. The summed E-state index contributed by atoms with van der Waals surface area (Å²) in [5, 5.41) is 11.1. The second kappa shape index (κ2) is 21.2. The largest absolute Gasteiger partial charge is 0.383 e. The Morgan fingerprint density at radius 2 is 1.20 bits per heavy atom. The van der Waals surface area contributed by atoms with Crippen molar-refractivity contribution in [3.8, 4) is 22.5 Å². The van der Waals surface area contributed by atoms with Crippen LogP contribution in [0.15, 0.2) is 66.2 Å². The summed E-state index contributed by atoms with van der Waals surface area (Å²) in [6.45, 7) is 19.1. The number of hydrogen-bond donors (Lipinski definition) is 3. The molecule has 0 aliphatic carbocycles. The SMILES string of the molecule is C1CCOC1.CCCC(=O)CCC(C)(C)n1nc(-c2ccc(C)cc2)c2c(N)ncnc21.CCN=C=O.Cc1ccc(-c2nn(C(C)(C)CN)c3ncnc(N)c23)cc1. The third-order valence-electron chi connectivity index (χ3n) is 9.88. The first-order chi connectivity index (χ1) is 28.2. The van der Waals surface area contributed by atoms with Crippen LogP contribution in [-0.2, 0) is 25.4 Å². The molecule has 0 saturated carbocycles. The lowest BCUT2D eigenvalue weighted by Gasteiger charge is -2.25. The molecule has 0 bridgehead atoms. The minimum atomic E-state index is -0.370. The van der Waals surface area contributed by atoms with Crippen molar-refractivity contribution in [2.45, 2.75) is 105 Å². The van der Waals surface area contributed by atoms with E-state index in [1.165, 1.54) is 42.7 Å². The number of fused-ring (bicyclic) bond motifs is 2. The van der Waals surface area contributed by atoms with Crippen LogP contribution in [-0.4, -0.2) is 77.7 Å². The molecule has 59 heavy (non-hydrogen) atoms. The smallest absolute Gasteiger partial charge is 0.234 e. The number of ether oxygens (including phenoxy) is 1. The maximum absolute atomic E-state index is 12.0. The van der Waals surface area contributed by atoms with Crippen LogP contribution in [0.3, 0.4) is 0 Å². The molecule has 6 aromatic rings. The third-order valence-corrected chi connectivity index (χ3v) is 9.88. The molecule has 6 N–H and O–H groups in total. The molecule has 1 fully saturated rings. The topological polar surface area (TPSA) is 221 Å². The number of carbonyl (C=O) groups excluding carboxylic acids is 2. The molecular weight excluding hydrogens is 745 g/mol. The van der Waals surface area contributed by atoms with Crippen LogP contribution in [0.4, 0.5) is 11.6 Å². The first-order valence-corrected chi connectivity index (χ1v) is 20.2. The van der Waals surface area contributed by atoms with E-state index in [4.69, 9.17) is 36.9 Å². The van der Waals surface area contributed by atoms with Gasteiger partial charge >= 0.3 is 0 Å². The Morgan fingerprint density at radius 1 is 0.746 bits per heavy atom. The van der Waals surface area contributed by atoms with E-state index in [1.54, 1.807) is 6.92 Å². The highest BCUT2D eigenvalue weighted by molar-refractivity contribution is 5.99. The zero-order valence-corrected chi connectivity index (χ0v) is 35.8. The third kappa shape index (κ3) is 11.8. The van der Waals surface area contributed by atoms with Gasteiger partial charge in [-0.3, -0.25) is 4.79 Å². The van der Waals surface area contributed by atoms with Gasteiger partial charge in [0.1, 0.15) is 41.5 Å². The van der Waals surface area contributed by atoms with Crippen LogP contribution < -0.4 is 17.2 Å². The summed E-state index contributed by atoms with van der Waals surface area (Å²) in [7, 11) is 0. The Morgan fingerprint density at radius 3 is 1.56 bits per heavy atom. The number of isocyanates is 1. The zero-order chi connectivity index (χ0) is 43.2. The number of rotatable bonds is 11. The lowest BCUT2D eigenvalue weighted by molar-refractivity contribution is -0.119. The van der Waals surface area contributed by atoms with Crippen LogP contribution in [0, 0.1) is 13.8 Å². The van der Waals surface area contributed by atoms with Gasteiger partial charge in [0.2, 0.25) is 6.08 Å². The monoisotopic (exact) mass is 804 g/mol. The Hall–Kier alpha value is -5.89. The minimum Gasteiger partial charge on any atom is -0.383 e. The Kier molecular flexibility index (Phi) is 16.5. The normalized spacial score (nSPS) is 12.4. The molecule has 15 heteroatoms. The molecule has 0 spiro atoms. The summed E-state index contributed by atoms with van der Waals surface area (Å²) < 4.78 is 8.68. The van der Waals surface area contributed by atoms with Gasteiger partial charge in [-0.15, -0.1) is 0 Å². The van der Waals surface area contributed by atoms with Gasteiger partial charge in [0.05, 0.1) is 21.9 Å². The molecule has 7 rings (SSSR count). The second-order valence-electron chi connectivity index (χ2n) is 15.7. The maximum atomic E-state index is 12.0. The highest BCUT2D eigenvalue weighted by Crippen LogP contribution is 2.35. The highest BCUT2D eigenvalue weighted by Gasteiger charge is 2.29. The lowest BCUT2D eigenvalue weighted by atomic mass is 9.96. The van der Waals surface area contributed by atoms with Gasteiger partial charge in [-0.2, -0.15) is 10.2 Å². The molecule has 15 nitrogen and oxygen atoms in total. The Balaban J connectivity index is 0.000000213. The number of nitrogens with zero attached hydrogens (tertiary/aromatic N) is 9. The van der Waals surface area contributed by atoms with Crippen molar-refractivity contribution in [3.05, 3.63) is 72.3 Å². The van der Waals surface area contributed by atoms with Crippen molar-refractivity contribution in [1.29, 1.82) is 0 Å². The average Bonchev–Trinajstić information content (AvgIpc) is 4.01. The van der Waals surface area contributed by atoms with Crippen molar-refractivity contribution in [2.75, 3.05) is 37.8 Å². The number of nitrogens with two attached hydrogens (primary N) is 3. The molecule has 1 aliphatic rings. The summed E-state index contributed by atoms with van der Waals surface area (Å²) in [6.07, 6.45) is 9.60. The van der Waals surface area contributed by atoms with Crippen LogP contribution in [0.5, 0.6) is 0 Å². The van der Waals surface area contributed by atoms with Gasteiger partial charge in [-0.25, -0.2) is 39.1 Å². The van der Waals surface area contributed by atoms with Crippen molar-refractivity contribution in [1.82, 2.24) is 39.5 Å². The van der Waals surface area contributed by atoms with Gasteiger partial charge in [-0.1, -0.05) is 66.6 Å². The number of nitrogen functional groups attached to an aromatic ring is 2. The van der Waals surface area contributed by atoms with E-state index in [0.717, 1.165) is 52.9 Å². The second-order valence-corrected chi connectivity index (χ2v) is 15.7. The van der Waals surface area contributed by atoms with Crippen LogP contribution in [0.25, 0.3) is 44.6 Å². The fraction of sp³-hybridized carbons (Fsp3) is 0.455. The molecule has 0 unspecified atom stereocenters. The fourth-order valence-electron chi connectivity index (χ4n) is 6.24. The van der Waals surface area contributed by atoms with E-state index in [-0.39, 0.29) is 16.9 Å². The highest BCUT2D eigenvalue weighted by atomic mass is 16.5. The summed E-state index contributed by atoms with van der Waals surface area (Å²) >= 11 is 0. The van der Waals surface area contributed by atoms with E-state index < -0.39 is 0 Å². The first kappa shape index (κ1) is 45.8. The number of hydrogen-bond acceptors (Lipinski definition) is 13. The first-order valence-electron chi connectivity index (χ1n) is 20.2. The molecular formula is C44H60N12O3. The van der Waals surface area contributed by atoms with Crippen molar-refractivity contribution in [2.24, 2.45) is 10.7 Å². The van der Waals surface area contributed by atoms with E-state index in [9.17, 15) is 4.79 Å². The van der Waals surface area contributed by atoms with Crippen molar-refractivity contribution in [3.63, 3.8) is 0 Å². The summed E-state index contributed by atoms with van der Waals surface area (Å²) in [5.74, 6) is 1.13. The molecule has 314 valence electrons. The maximum Gasteiger partial charge on any atom is 0.234 e. The quantitative estimate of drug-likeness (QED) is 0.0857. The number of anilines is 2. The molecule has 0 radical (unpaired) electrons. The van der Waals surface area contributed by atoms with Gasteiger partial charge in [-0.05, 0) is 74.1 Å². The summed E-state index contributed by atoms with van der Waals surface area (Å²) in [6, 6.07) is 16.3. The van der Waals surface area contributed by atoms with E-state index in [1.807, 2.05) is 73.5 Å². The molecule has 2 aromatic carbocycles. The standard InChI is InChI=1S/C21H27N5O.C16H20N6.C4H8O.C3H5NO/c1-5-6-16(27)11-12-21(3,4)26-20-17(19(22)23-13-24-20)18(25-26)15-9-7-14(2)8-10-15;1-10-4-6-11(7-5-10)13-12-14(18)19-9-20-15(12)22(21-13)16(2,3)8-17;1-2-4-5-3-1;1-2-4-3-5/h7-10,13H,5-6,11-12H2,1-4H3,(H2,22,23,24);4-7,9H,8,17H2,1-3H3,(H2,18,19,20);1-4H2;2H2,1H3. The van der Waals surface area contributed by atoms with Gasteiger partial charge < -0.3 is 21.9 Å². The number of carbonyl (C=O) groups is 1. The molecule has 5 heterocycles. The molecule has 1 aliphatic heterocycles.